The number of fused-ring (bicyclic) bond motifs is 3. The van der Waals surface area contributed by atoms with Crippen LogP contribution in [0.3, 0.4) is 0 Å². The minimum Gasteiger partial charge on any atom is -0.340 e. The Labute approximate surface area is 188 Å². The van der Waals surface area contributed by atoms with Gasteiger partial charge in [0.05, 0.1) is 11.4 Å². The predicted molar refractivity (Wildman–Crippen MR) is 133 cm³/mol. The van der Waals surface area contributed by atoms with E-state index < -0.39 is 0 Å². The molecule has 0 unspecified atom stereocenters. The van der Waals surface area contributed by atoms with Crippen LogP contribution in [-0.4, -0.2) is 31.2 Å². The molecule has 4 nitrogen and oxygen atoms in total. The van der Waals surface area contributed by atoms with E-state index in [-0.39, 0.29) is 0 Å². The average molecular weight is 429 g/mol. The summed E-state index contributed by atoms with van der Waals surface area (Å²) in [6.07, 6.45) is 1.10. The molecule has 0 atom stereocenters. The summed E-state index contributed by atoms with van der Waals surface area (Å²) in [4.78, 5) is 5.10. The van der Waals surface area contributed by atoms with Gasteiger partial charge in [0.25, 0.3) is 0 Å². The topological polar surface area (TPSA) is 46.2 Å². The zero-order valence-electron chi connectivity index (χ0n) is 17.8. The Balaban J connectivity index is 1.59. The molecule has 0 bridgehead atoms. The Morgan fingerprint density at radius 3 is 2.55 bits per heavy atom. The summed E-state index contributed by atoms with van der Waals surface area (Å²) in [7, 11) is 2.01. The molecule has 2 heterocycles. The Kier molecular flexibility index (Phi) is 5.72. The van der Waals surface area contributed by atoms with E-state index in [1.54, 1.807) is 0 Å². The van der Waals surface area contributed by atoms with Crippen molar-refractivity contribution in [1.82, 2.24) is 9.88 Å². The zero-order chi connectivity index (χ0) is 21.2. The lowest BCUT2D eigenvalue weighted by atomic mass is 10.1. The van der Waals surface area contributed by atoms with Crippen LogP contribution >= 0.6 is 11.8 Å². The lowest BCUT2D eigenvalue weighted by Crippen LogP contribution is -2.24. The number of benzene rings is 3. The Hall–Kier alpha value is -2.73. The van der Waals surface area contributed by atoms with Crippen LogP contribution in [-0.2, 0) is 6.54 Å². The molecular weight excluding hydrogens is 400 g/mol. The van der Waals surface area contributed by atoms with Gasteiger partial charge in [0, 0.05) is 46.0 Å². The fourth-order valence-corrected chi connectivity index (χ4v) is 5.60. The summed E-state index contributed by atoms with van der Waals surface area (Å²) >= 11 is 1.87. The molecule has 5 heteroatoms. The van der Waals surface area contributed by atoms with Gasteiger partial charge in [-0.25, -0.2) is 0 Å². The molecule has 0 spiro atoms. The molecule has 0 amide bonds. The maximum Gasteiger partial charge on any atom is 0.0553 e. The van der Waals surface area contributed by atoms with Crippen LogP contribution in [0.25, 0.3) is 22.2 Å². The third-order valence-corrected chi connectivity index (χ3v) is 7.01. The summed E-state index contributed by atoms with van der Waals surface area (Å²) < 4.78 is 2.35. The van der Waals surface area contributed by atoms with Gasteiger partial charge in [-0.15, -0.1) is 0 Å². The second-order valence-corrected chi connectivity index (χ2v) is 8.97. The molecule has 158 valence electrons. The molecule has 1 aliphatic heterocycles. The molecule has 3 aromatic carbocycles. The summed E-state index contributed by atoms with van der Waals surface area (Å²) in [6, 6.07) is 26.5. The number of hydrogen-bond donors (Lipinski definition) is 2. The maximum atomic E-state index is 5.96. The second kappa shape index (κ2) is 8.79. The van der Waals surface area contributed by atoms with Gasteiger partial charge < -0.3 is 20.5 Å². The summed E-state index contributed by atoms with van der Waals surface area (Å²) in [5.41, 5.74) is 12.3. The van der Waals surface area contributed by atoms with Crippen LogP contribution in [0.15, 0.2) is 82.6 Å². The van der Waals surface area contributed by atoms with E-state index in [2.05, 4.69) is 87.6 Å². The van der Waals surface area contributed by atoms with Crippen LogP contribution in [0, 0.1) is 0 Å². The van der Waals surface area contributed by atoms with Crippen LogP contribution in [0.2, 0.25) is 0 Å². The number of nitrogens with zero attached hydrogens (tertiary/aromatic N) is 2. The SMILES string of the molecule is CNCCCN1c2ccccc2Sc2cc(-c3cc4ccccc4n3CCN)ccc21. The zero-order valence-corrected chi connectivity index (χ0v) is 18.7. The molecule has 4 aromatic rings. The fourth-order valence-electron chi connectivity index (χ4n) is 4.47. The van der Waals surface area contributed by atoms with E-state index in [1.807, 2.05) is 18.8 Å². The van der Waals surface area contributed by atoms with Crippen LogP contribution in [0.5, 0.6) is 0 Å². The number of nitrogens with one attached hydrogen (secondary N) is 1. The van der Waals surface area contributed by atoms with Crippen molar-refractivity contribution in [2.45, 2.75) is 22.8 Å². The van der Waals surface area contributed by atoms with E-state index in [0.717, 1.165) is 26.1 Å². The number of hydrogen-bond acceptors (Lipinski definition) is 4. The first-order valence-corrected chi connectivity index (χ1v) is 11.7. The van der Waals surface area contributed by atoms with Crippen molar-refractivity contribution < 1.29 is 0 Å². The van der Waals surface area contributed by atoms with Gasteiger partial charge in [0.15, 0.2) is 0 Å². The molecular formula is C26H28N4S. The average Bonchev–Trinajstić information content (AvgIpc) is 3.17. The molecule has 1 aromatic heterocycles. The van der Waals surface area contributed by atoms with Crippen molar-refractivity contribution >= 4 is 34.0 Å². The summed E-state index contributed by atoms with van der Waals surface area (Å²) in [6.45, 7) is 3.45. The highest BCUT2D eigenvalue weighted by Gasteiger charge is 2.23. The molecule has 31 heavy (non-hydrogen) atoms. The van der Waals surface area contributed by atoms with Gasteiger partial charge in [-0.05, 0) is 62.0 Å². The fraction of sp³-hybridized carbons (Fsp3) is 0.231. The van der Waals surface area contributed by atoms with Crippen molar-refractivity contribution in [3.63, 3.8) is 0 Å². The Morgan fingerprint density at radius 2 is 1.68 bits per heavy atom. The van der Waals surface area contributed by atoms with Gasteiger partial charge in [0.2, 0.25) is 0 Å². The second-order valence-electron chi connectivity index (χ2n) is 7.89. The third-order valence-electron chi connectivity index (χ3n) is 5.89. The minimum absolute atomic E-state index is 0.623. The van der Waals surface area contributed by atoms with Crippen molar-refractivity contribution in [1.29, 1.82) is 0 Å². The highest BCUT2D eigenvalue weighted by Crippen LogP contribution is 2.49. The maximum absolute atomic E-state index is 5.96. The first-order chi connectivity index (χ1) is 15.3. The van der Waals surface area contributed by atoms with E-state index >= 15 is 0 Å². The number of nitrogens with two attached hydrogens (primary N) is 1. The van der Waals surface area contributed by atoms with Crippen LogP contribution < -0.4 is 16.0 Å². The highest BCUT2D eigenvalue weighted by atomic mass is 32.2. The molecule has 0 aliphatic carbocycles. The van der Waals surface area contributed by atoms with Crippen LogP contribution in [0.1, 0.15) is 6.42 Å². The standard InChI is InChI=1S/C26H28N4S/c1-28-14-6-15-29-22-9-4-5-10-25(22)31-26-18-20(11-12-23(26)29)24-17-19-7-2-3-8-21(19)30(24)16-13-27/h2-5,7-12,17-18,28H,6,13-16,27H2,1H3. The molecule has 5 rings (SSSR count). The summed E-state index contributed by atoms with van der Waals surface area (Å²) in [5.74, 6) is 0. The van der Waals surface area contributed by atoms with E-state index in [9.17, 15) is 0 Å². The smallest absolute Gasteiger partial charge is 0.0553 e. The molecule has 3 N–H and O–H groups in total. The first-order valence-electron chi connectivity index (χ1n) is 10.9. The third kappa shape index (κ3) is 3.74. The van der Waals surface area contributed by atoms with Gasteiger partial charge in [-0.3, -0.25) is 0 Å². The molecule has 1 aliphatic rings. The summed E-state index contributed by atoms with van der Waals surface area (Å²) in [5, 5.41) is 4.53. The molecule has 0 radical (unpaired) electrons. The normalized spacial score (nSPS) is 12.8. The lowest BCUT2D eigenvalue weighted by Gasteiger charge is -2.33. The predicted octanol–water partition coefficient (Wildman–Crippen LogP) is 5.48. The number of anilines is 2. The molecule has 0 saturated carbocycles. The van der Waals surface area contributed by atoms with E-state index in [0.29, 0.717) is 6.54 Å². The Bertz CT molecular complexity index is 1210. The van der Waals surface area contributed by atoms with Crippen LogP contribution in [0.4, 0.5) is 11.4 Å². The number of para-hydroxylation sites is 2. The highest BCUT2D eigenvalue weighted by molar-refractivity contribution is 7.99. The largest absolute Gasteiger partial charge is 0.340 e. The Morgan fingerprint density at radius 1 is 0.871 bits per heavy atom. The van der Waals surface area contributed by atoms with Gasteiger partial charge in [-0.2, -0.15) is 0 Å². The van der Waals surface area contributed by atoms with Gasteiger partial charge in [-0.1, -0.05) is 48.2 Å². The number of aromatic nitrogens is 1. The quantitative estimate of drug-likeness (QED) is 0.383. The molecule has 0 fully saturated rings. The van der Waals surface area contributed by atoms with Crippen molar-refractivity contribution in [3.05, 3.63) is 72.8 Å². The molecule has 0 saturated heterocycles. The van der Waals surface area contributed by atoms with E-state index in [1.165, 1.54) is 43.3 Å². The monoisotopic (exact) mass is 428 g/mol. The van der Waals surface area contributed by atoms with Gasteiger partial charge >= 0.3 is 0 Å². The van der Waals surface area contributed by atoms with E-state index in [4.69, 9.17) is 5.73 Å². The van der Waals surface area contributed by atoms with Gasteiger partial charge in [0.1, 0.15) is 0 Å². The first kappa shape index (κ1) is 20.2. The van der Waals surface area contributed by atoms with Crippen molar-refractivity contribution in [3.8, 4) is 11.3 Å². The lowest BCUT2D eigenvalue weighted by molar-refractivity contribution is 0.719. The van der Waals surface area contributed by atoms with Crippen molar-refractivity contribution in [2.75, 3.05) is 31.6 Å². The number of rotatable bonds is 7. The minimum atomic E-state index is 0.623. The van der Waals surface area contributed by atoms with Crippen molar-refractivity contribution in [2.24, 2.45) is 5.73 Å².